The van der Waals surface area contributed by atoms with E-state index in [2.05, 4.69) is 4.74 Å². The summed E-state index contributed by atoms with van der Waals surface area (Å²) < 4.78 is 109. The van der Waals surface area contributed by atoms with Crippen molar-refractivity contribution in [2.45, 2.75) is 43.5 Å². The Bertz CT molecular complexity index is 1940. The molecule has 48 heavy (non-hydrogen) atoms. The Morgan fingerprint density at radius 1 is 1.00 bits per heavy atom. The van der Waals surface area contributed by atoms with Crippen LogP contribution in [0, 0.1) is 11.6 Å². The third-order valence-electron chi connectivity index (χ3n) is 6.72. The number of carbonyl (C=O) groups is 2. The molecule has 0 saturated heterocycles. The van der Waals surface area contributed by atoms with Gasteiger partial charge in [-0.25, -0.2) is 26.8 Å². The number of esters is 2. The van der Waals surface area contributed by atoms with Crippen LogP contribution in [0.3, 0.4) is 0 Å². The van der Waals surface area contributed by atoms with E-state index in [1.807, 2.05) is 0 Å². The standard InChI is InChI=1S/C19H16F2O5S.C13H9Cl2F3O3/c1-19(2)16(11-4-7-13(8-5-11)27(3,23)24)17(18(22)26-19)25-12-6-9-14(20)15(21)10-12;1-2-20-12(19)8-4-6-3-7(14)5-9(15)10(6)21-11(8)13(16,17)18/h4-10H,1-3H3;3-5,11H,2H2,1H3/t;11-/m.0/s1. The lowest BCUT2D eigenvalue weighted by Crippen LogP contribution is -2.40. The largest absolute Gasteiger partial charge is 0.474 e. The van der Waals surface area contributed by atoms with Crippen LogP contribution in [0.5, 0.6) is 11.5 Å². The molecule has 0 spiro atoms. The van der Waals surface area contributed by atoms with Crippen LogP contribution >= 0.6 is 23.2 Å². The quantitative estimate of drug-likeness (QED) is 0.187. The minimum Gasteiger partial charge on any atom is -0.474 e. The molecule has 2 heterocycles. The number of hydrogen-bond acceptors (Lipinski definition) is 8. The summed E-state index contributed by atoms with van der Waals surface area (Å²) >= 11 is 11.6. The zero-order chi connectivity index (χ0) is 35.8. The fourth-order valence-electron chi connectivity index (χ4n) is 4.66. The molecule has 8 nitrogen and oxygen atoms in total. The predicted molar refractivity (Wildman–Crippen MR) is 165 cm³/mol. The van der Waals surface area contributed by atoms with Crippen molar-refractivity contribution in [1.82, 2.24) is 0 Å². The number of sulfone groups is 1. The Morgan fingerprint density at radius 3 is 2.21 bits per heavy atom. The number of alkyl halides is 3. The second-order valence-electron chi connectivity index (χ2n) is 10.7. The molecule has 0 N–H and O–H groups in total. The van der Waals surface area contributed by atoms with Crippen LogP contribution in [-0.2, 0) is 28.9 Å². The van der Waals surface area contributed by atoms with E-state index in [-0.39, 0.29) is 44.4 Å². The highest BCUT2D eigenvalue weighted by Gasteiger charge is 2.49. The molecular formula is C32H25Cl2F5O8S. The van der Waals surface area contributed by atoms with Crippen LogP contribution in [0.25, 0.3) is 11.6 Å². The summed E-state index contributed by atoms with van der Waals surface area (Å²) in [6.07, 6.45) is -5.08. The van der Waals surface area contributed by atoms with Gasteiger partial charge in [-0.3, -0.25) is 0 Å². The summed E-state index contributed by atoms with van der Waals surface area (Å²) in [5.41, 5.74) is -0.628. The predicted octanol–water partition coefficient (Wildman–Crippen LogP) is 7.76. The molecule has 0 unspecified atom stereocenters. The van der Waals surface area contributed by atoms with Gasteiger partial charge in [0.15, 0.2) is 21.5 Å². The molecule has 0 saturated carbocycles. The highest BCUT2D eigenvalue weighted by molar-refractivity contribution is 7.90. The van der Waals surface area contributed by atoms with Crippen LogP contribution in [0.4, 0.5) is 22.0 Å². The molecule has 16 heteroatoms. The van der Waals surface area contributed by atoms with Gasteiger partial charge in [0, 0.05) is 22.9 Å². The Labute approximate surface area is 281 Å². The van der Waals surface area contributed by atoms with Crippen molar-refractivity contribution in [2.24, 2.45) is 0 Å². The van der Waals surface area contributed by atoms with Crippen LogP contribution in [0.15, 0.2) is 70.8 Å². The molecule has 5 rings (SSSR count). The van der Waals surface area contributed by atoms with E-state index < -0.39 is 56.9 Å². The summed E-state index contributed by atoms with van der Waals surface area (Å²) in [5.74, 6) is -4.41. The van der Waals surface area contributed by atoms with Gasteiger partial charge in [0.05, 0.1) is 27.7 Å². The lowest BCUT2D eigenvalue weighted by atomic mass is 9.92. The smallest absolute Gasteiger partial charge is 0.430 e. The van der Waals surface area contributed by atoms with Gasteiger partial charge in [-0.2, -0.15) is 13.2 Å². The van der Waals surface area contributed by atoms with Gasteiger partial charge in [-0.05, 0) is 68.8 Å². The van der Waals surface area contributed by atoms with Crippen LogP contribution in [0.1, 0.15) is 31.9 Å². The highest BCUT2D eigenvalue weighted by atomic mass is 35.5. The monoisotopic (exact) mass is 734 g/mol. The first-order chi connectivity index (χ1) is 22.2. The Balaban J connectivity index is 0.000000224. The molecule has 0 aliphatic carbocycles. The zero-order valence-corrected chi connectivity index (χ0v) is 27.7. The third-order valence-corrected chi connectivity index (χ3v) is 8.35. The van der Waals surface area contributed by atoms with Gasteiger partial charge in [0.25, 0.3) is 0 Å². The van der Waals surface area contributed by atoms with E-state index >= 15 is 0 Å². The van der Waals surface area contributed by atoms with E-state index in [4.69, 9.17) is 37.4 Å². The van der Waals surface area contributed by atoms with Crippen molar-refractivity contribution in [3.05, 3.63) is 98.7 Å². The van der Waals surface area contributed by atoms with Gasteiger partial charge in [-0.1, -0.05) is 35.3 Å². The minimum atomic E-state index is -4.78. The summed E-state index contributed by atoms with van der Waals surface area (Å²) in [6, 6.07) is 11.4. The molecule has 256 valence electrons. The number of rotatable bonds is 6. The first kappa shape index (κ1) is 36.7. The van der Waals surface area contributed by atoms with Crippen molar-refractivity contribution in [2.75, 3.05) is 12.9 Å². The molecule has 0 aromatic heterocycles. The van der Waals surface area contributed by atoms with Crippen molar-refractivity contribution < 1.29 is 58.9 Å². The molecule has 3 aromatic carbocycles. The maximum atomic E-state index is 13.4. The summed E-state index contributed by atoms with van der Waals surface area (Å²) in [6.45, 7) is 4.73. The van der Waals surface area contributed by atoms with Gasteiger partial charge in [0.2, 0.25) is 11.9 Å². The van der Waals surface area contributed by atoms with Crippen LogP contribution < -0.4 is 9.47 Å². The number of cyclic esters (lactones) is 1. The third kappa shape index (κ3) is 8.10. The lowest BCUT2D eigenvalue weighted by molar-refractivity contribution is -0.187. The minimum absolute atomic E-state index is 0.0517. The van der Waals surface area contributed by atoms with Gasteiger partial charge in [0.1, 0.15) is 17.1 Å². The molecule has 2 aliphatic heterocycles. The number of hydrogen-bond donors (Lipinski definition) is 0. The second kappa shape index (κ2) is 13.8. The highest BCUT2D eigenvalue weighted by Crippen LogP contribution is 2.43. The van der Waals surface area contributed by atoms with Crippen molar-refractivity contribution in [3.63, 3.8) is 0 Å². The second-order valence-corrected chi connectivity index (χ2v) is 13.6. The number of halogens is 7. The van der Waals surface area contributed by atoms with E-state index in [0.717, 1.165) is 24.5 Å². The molecule has 3 aromatic rings. The van der Waals surface area contributed by atoms with Gasteiger partial charge in [-0.15, -0.1) is 0 Å². The fraction of sp³-hybridized carbons (Fsp3) is 0.250. The van der Waals surface area contributed by atoms with Crippen LogP contribution in [-0.4, -0.2) is 51.1 Å². The number of carbonyl (C=O) groups excluding carboxylic acids is 2. The first-order valence-corrected chi connectivity index (χ1v) is 16.4. The van der Waals surface area contributed by atoms with E-state index in [9.17, 15) is 40.0 Å². The average molecular weight is 736 g/mol. The van der Waals surface area contributed by atoms with Crippen molar-refractivity contribution in [3.8, 4) is 11.5 Å². The number of ether oxygens (including phenoxy) is 4. The van der Waals surface area contributed by atoms with Crippen LogP contribution in [0.2, 0.25) is 10.0 Å². The zero-order valence-electron chi connectivity index (χ0n) is 25.4. The Kier molecular flexibility index (Phi) is 10.5. The molecular weight excluding hydrogens is 710 g/mol. The Morgan fingerprint density at radius 2 is 1.65 bits per heavy atom. The van der Waals surface area contributed by atoms with E-state index in [1.54, 1.807) is 13.8 Å². The lowest BCUT2D eigenvalue weighted by Gasteiger charge is -2.28. The van der Waals surface area contributed by atoms with Crippen molar-refractivity contribution >= 4 is 56.6 Å². The molecule has 0 fully saturated rings. The maximum absolute atomic E-state index is 13.4. The SMILES string of the molecule is CC1(C)OC(=O)C(Oc2ccc(F)c(F)c2)=C1c1ccc(S(C)(=O)=O)cc1.CCOC(=O)C1=Cc2cc(Cl)cc(Cl)c2O[C@@H]1C(F)(F)F. The van der Waals surface area contributed by atoms with E-state index in [0.29, 0.717) is 11.1 Å². The molecule has 0 amide bonds. The summed E-state index contributed by atoms with van der Waals surface area (Å²) in [5, 5.41) is 0.151. The number of benzene rings is 3. The normalized spacial score (nSPS) is 16.9. The summed E-state index contributed by atoms with van der Waals surface area (Å²) in [4.78, 5) is 24.1. The maximum Gasteiger partial charge on any atom is 0.430 e. The first-order valence-electron chi connectivity index (χ1n) is 13.8. The van der Waals surface area contributed by atoms with Gasteiger partial charge >= 0.3 is 18.1 Å². The molecule has 1 atom stereocenters. The van der Waals surface area contributed by atoms with E-state index in [1.165, 1.54) is 49.4 Å². The fourth-order valence-corrected chi connectivity index (χ4v) is 5.85. The van der Waals surface area contributed by atoms with Gasteiger partial charge < -0.3 is 18.9 Å². The Hall–Kier alpha value is -4.14. The average Bonchev–Trinajstić information content (AvgIpc) is 3.20. The number of fused-ring (bicyclic) bond motifs is 1. The summed E-state index contributed by atoms with van der Waals surface area (Å²) in [7, 11) is -3.38. The molecule has 0 bridgehead atoms. The van der Waals surface area contributed by atoms with Crippen molar-refractivity contribution in [1.29, 1.82) is 0 Å². The molecule has 2 aliphatic rings. The molecule has 0 radical (unpaired) electrons. The topological polar surface area (TPSA) is 105 Å².